The largest absolute Gasteiger partial charge is 0.497 e. The number of halogens is 1. The molecule has 0 aliphatic rings. The molecule has 0 spiro atoms. The van der Waals surface area contributed by atoms with Crippen molar-refractivity contribution in [1.82, 2.24) is 0 Å². The van der Waals surface area contributed by atoms with Crippen LogP contribution in [0.4, 0.5) is 5.69 Å². The fourth-order valence-corrected chi connectivity index (χ4v) is 3.96. The molecular weight excluding hydrogens is 356 g/mol. The average molecular weight is 371 g/mol. The van der Waals surface area contributed by atoms with Crippen LogP contribution in [-0.2, 0) is 16.6 Å². The molecule has 0 bridgehead atoms. The maximum Gasteiger partial charge on any atom is 0.263 e. The van der Waals surface area contributed by atoms with Crippen LogP contribution < -0.4 is 15.2 Å². The zero-order valence-corrected chi connectivity index (χ0v) is 13.7. The van der Waals surface area contributed by atoms with Crippen LogP contribution in [0.5, 0.6) is 5.75 Å². The first-order valence-corrected chi connectivity index (χ1v) is 8.39. The molecule has 112 valence electrons. The Hall–Kier alpha value is -1.57. The molecule has 0 atom stereocenters. The van der Waals surface area contributed by atoms with Gasteiger partial charge in [-0.05, 0) is 45.8 Å². The van der Waals surface area contributed by atoms with E-state index in [4.69, 9.17) is 10.5 Å². The smallest absolute Gasteiger partial charge is 0.263 e. The van der Waals surface area contributed by atoms with Gasteiger partial charge >= 0.3 is 0 Å². The van der Waals surface area contributed by atoms with E-state index in [1.165, 1.54) is 13.2 Å². The summed E-state index contributed by atoms with van der Waals surface area (Å²) >= 11 is 3.27. The molecule has 0 unspecified atom stereocenters. The van der Waals surface area contributed by atoms with Crippen LogP contribution in [0.2, 0.25) is 0 Å². The molecule has 2 aromatic carbocycles. The topological polar surface area (TPSA) is 81.4 Å². The number of nitrogens with one attached hydrogen (secondary N) is 1. The van der Waals surface area contributed by atoms with E-state index < -0.39 is 10.0 Å². The second-order valence-electron chi connectivity index (χ2n) is 4.31. The first-order chi connectivity index (χ1) is 9.96. The lowest BCUT2D eigenvalue weighted by molar-refractivity contribution is 0.415. The summed E-state index contributed by atoms with van der Waals surface area (Å²) in [4.78, 5) is 0.155. The Morgan fingerprint density at radius 1 is 1.24 bits per heavy atom. The zero-order chi connectivity index (χ0) is 15.5. The van der Waals surface area contributed by atoms with E-state index in [1.54, 1.807) is 36.4 Å². The lowest BCUT2D eigenvalue weighted by atomic mass is 10.2. The van der Waals surface area contributed by atoms with Gasteiger partial charge in [-0.2, -0.15) is 0 Å². The van der Waals surface area contributed by atoms with E-state index in [0.29, 0.717) is 22.5 Å². The first-order valence-electron chi connectivity index (χ1n) is 6.11. The molecule has 0 heterocycles. The number of ether oxygens (including phenoxy) is 1. The monoisotopic (exact) mass is 370 g/mol. The number of rotatable bonds is 5. The SMILES string of the molecule is COc1cccc(NS(=O)(=O)c2ccc(CN)cc2Br)c1. The number of anilines is 1. The highest BCUT2D eigenvalue weighted by atomic mass is 79.9. The van der Waals surface area contributed by atoms with Crippen LogP contribution in [0, 0.1) is 0 Å². The summed E-state index contributed by atoms with van der Waals surface area (Å²) in [6, 6.07) is 11.6. The van der Waals surface area contributed by atoms with E-state index in [-0.39, 0.29) is 4.90 Å². The molecule has 0 aromatic heterocycles. The summed E-state index contributed by atoms with van der Waals surface area (Å²) in [7, 11) is -2.16. The number of hydrogen-bond acceptors (Lipinski definition) is 4. The number of methoxy groups -OCH3 is 1. The van der Waals surface area contributed by atoms with E-state index in [0.717, 1.165) is 5.56 Å². The van der Waals surface area contributed by atoms with E-state index in [1.807, 2.05) is 0 Å². The fraction of sp³-hybridized carbons (Fsp3) is 0.143. The third-order valence-corrected chi connectivity index (χ3v) is 5.20. The summed E-state index contributed by atoms with van der Waals surface area (Å²) in [6.07, 6.45) is 0. The quantitative estimate of drug-likeness (QED) is 0.847. The Labute approximate surface area is 132 Å². The van der Waals surface area contributed by atoms with Crippen molar-refractivity contribution in [3.05, 3.63) is 52.5 Å². The molecule has 7 heteroatoms. The predicted octanol–water partition coefficient (Wildman–Crippen LogP) is 2.72. The summed E-state index contributed by atoms with van der Waals surface area (Å²) in [5, 5.41) is 0. The van der Waals surface area contributed by atoms with Gasteiger partial charge in [0, 0.05) is 17.1 Å². The van der Waals surface area contributed by atoms with Crippen molar-refractivity contribution in [3.8, 4) is 5.75 Å². The van der Waals surface area contributed by atoms with Crippen molar-refractivity contribution < 1.29 is 13.2 Å². The lowest BCUT2D eigenvalue weighted by Gasteiger charge is -2.11. The van der Waals surface area contributed by atoms with Gasteiger partial charge in [0.2, 0.25) is 0 Å². The van der Waals surface area contributed by atoms with Gasteiger partial charge in [0.1, 0.15) is 10.6 Å². The predicted molar refractivity (Wildman–Crippen MR) is 85.8 cm³/mol. The van der Waals surface area contributed by atoms with Gasteiger partial charge in [-0.1, -0.05) is 12.1 Å². The van der Waals surface area contributed by atoms with Gasteiger partial charge in [0.05, 0.1) is 12.8 Å². The normalized spacial score (nSPS) is 11.2. The molecule has 0 amide bonds. The molecule has 3 N–H and O–H groups in total. The van der Waals surface area contributed by atoms with Crippen molar-refractivity contribution in [3.63, 3.8) is 0 Å². The van der Waals surface area contributed by atoms with Crippen LogP contribution in [0.1, 0.15) is 5.56 Å². The molecule has 0 aliphatic heterocycles. The maximum atomic E-state index is 12.4. The van der Waals surface area contributed by atoms with Crippen LogP contribution in [0.25, 0.3) is 0 Å². The van der Waals surface area contributed by atoms with Crippen LogP contribution in [0.3, 0.4) is 0 Å². The zero-order valence-electron chi connectivity index (χ0n) is 11.3. The average Bonchev–Trinajstić information content (AvgIpc) is 2.46. The van der Waals surface area contributed by atoms with Crippen molar-refractivity contribution in [2.75, 3.05) is 11.8 Å². The number of benzene rings is 2. The Kier molecular flexibility index (Phi) is 4.87. The van der Waals surface area contributed by atoms with Gasteiger partial charge in [-0.25, -0.2) is 8.42 Å². The van der Waals surface area contributed by atoms with E-state index in [2.05, 4.69) is 20.7 Å². The van der Waals surface area contributed by atoms with Crippen LogP contribution >= 0.6 is 15.9 Å². The summed E-state index contributed by atoms with van der Waals surface area (Å²) < 4.78 is 32.9. The van der Waals surface area contributed by atoms with Crippen LogP contribution in [-0.4, -0.2) is 15.5 Å². The first kappa shape index (κ1) is 15.8. The number of hydrogen-bond donors (Lipinski definition) is 2. The maximum absolute atomic E-state index is 12.4. The number of nitrogens with two attached hydrogens (primary N) is 1. The minimum Gasteiger partial charge on any atom is -0.497 e. The lowest BCUT2D eigenvalue weighted by Crippen LogP contribution is -2.14. The van der Waals surface area contributed by atoms with Crippen molar-refractivity contribution in [1.29, 1.82) is 0 Å². The van der Waals surface area contributed by atoms with Crippen molar-refractivity contribution in [2.45, 2.75) is 11.4 Å². The molecule has 0 saturated heterocycles. The van der Waals surface area contributed by atoms with Crippen molar-refractivity contribution in [2.24, 2.45) is 5.73 Å². The third kappa shape index (κ3) is 3.75. The molecular formula is C14H15BrN2O3S. The van der Waals surface area contributed by atoms with Gasteiger partial charge < -0.3 is 10.5 Å². The summed E-state index contributed by atoms with van der Waals surface area (Å²) in [5.74, 6) is 0.577. The molecule has 0 fully saturated rings. The van der Waals surface area contributed by atoms with E-state index >= 15 is 0 Å². The molecule has 0 aliphatic carbocycles. The highest BCUT2D eigenvalue weighted by Crippen LogP contribution is 2.26. The standard InChI is InChI=1S/C14H15BrN2O3S/c1-20-12-4-2-3-11(8-12)17-21(18,19)14-6-5-10(9-16)7-13(14)15/h2-8,17H,9,16H2,1H3. The summed E-state index contributed by atoms with van der Waals surface area (Å²) in [5.41, 5.74) is 6.82. The Morgan fingerprint density at radius 3 is 2.62 bits per heavy atom. The second-order valence-corrected chi connectivity index (χ2v) is 6.81. The number of sulfonamides is 1. The summed E-state index contributed by atoms with van der Waals surface area (Å²) in [6.45, 7) is 0.349. The van der Waals surface area contributed by atoms with Gasteiger partial charge in [-0.3, -0.25) is 4.72 Å². The Morgan fingerprint density at radius 2 is 2.00 bits per heavy atom. The second kappa shape index (κ2) is 6.46. The molecule has 2 rings (SSSR count). The molecule has 0 radical (unpaired) electrons. The fourth-order valence-electron chi connectivity index (χ4n) is 1.79. The molecule has 2 aromatic rings. The van der Waals surface area contributed by atoms with Crippen molar-refractivity contribution >= 4 is 31.6 Å². The van der Waals surface area contributed by atoms with Crippen LogP contribution in [0.15, 0.2) is 51.8 Å². The minimum atomic E-state index is -3.69. The van der Waals surface area contributed by atoms with Gasteiger partial charge in [0.15, 0.2) is 0 Å². The third-order valence-electron chi connectivity index (χ3n) is 2.84. The molecule has 5 nitrogen and oxygen atoms in total. The highest BCUT2D eigenvalue weighted by molar-refractivity contribution is 9.10. The van der Waals surface area contributed by atoms with E-state index in [9.17, 15) is 8.42 Å². The van der Waals surface area contributed by atoms with Gasteiger partial charge in [0.25, 0.3) is 10.0 Å². The molecule has 21 heavy (non-hydrogen) atoms. The Balaban J connectivity index is 2.33. The Bertz CT molecular complexity index is 748. The highest BCUT2D eigenvalue weighted by Gasteiger charge is 2.18. The molecule has 0 saturated carbocycles. The van der Waals surface area contributed by atoms with Gasteiger partial charge in [-0.15, -0.1) is 0 Å². The minimum absolute atomic E-state index is 0.155.